The second kappa shape index (κ2) is 11.1. The van der Waals surface area contributed by atoms with Crippen LogP contribution in [0.4, 0.5) is 0 Å². The monoisotopic (exact) mass is 602 g/mol. The normalized spacial score (nSPS) is 11.3. The van der Waals surface area contributed by atoms with Crippen LogP contribution < -0.4 is 0 Å². The first-order chi connectivity index (χ1) is 21.7. The Labute approximate surface area is 263 Å². The second-order valence-corrected chi connectivity index (χ2v) is 11.8. The van der Waals surface area contributed by atoms with Crippen molar-refractivity contribution in [2.75, 3.05) is 0 Å². The average molecular weight is 603 g/mol. The highest BCUT2D eigenvalue weighted by Crippen LogP contribution is 2.46. The summed E-state index contributed by atoms with van der Waals surface area (Å²) in [6, 6.07) is 44.0. The smallest absolute Gasteiger partial charge is 0.226 e. The molecule has 0 saturated heterocycles. The zero-order chi connectivity index (χ0) is 29.5. The highest BCUT2D eigenvalue weighted by molar-refractivity contribution is 7.26. The first-order valence-electron chi connectivity index (χ1n) is 14.2. The van der Waals surface area contributed by atoms with Crippen LogP contribution in [0, 0.1) is 0 Å². The van der Waals surface area contributed by atoms with Crippen molar-refractivity contribution in [3.63, 3.8) is 0 Å². The predicted octanol–water partition coefficient (Wildman–Crippen LogP) is 10.6. The molecule has 208 valence electrons. The average Bonchev–Trinajstić information content (AvgIpc) is 3.48. The van der Waals surface area contributed by atoms with E-state index in [0.29, 0.717) is 11.6 Å². The molecule has 0 amide bonds. The van der Waals surface area contributed by atoms with Gasteiger partial charge in [-0.1, -0.05) is 109 Å². The third-order valence-electron chi connectivity index (χ3n) is 7.78. The van der Waals surface area contributed by atoms with E-state index >= 15 is 0 Å². The molecule has 0 spiro atoms. The molecule has 8 rings (SSSR count). The van der Waals surface area contributed by atoms with Crippen LogP contribution in [-0.4, -0.2) is 19.9 Å². The van der Waals surface area contributed by atoms with Gasteiger partial charge in [-0.3, -0.25) is 4.98 Å². The van der Waals surface area contributed by atoms with Crippen molar-refractivity contribution >= 4 is 43.1 Å². The van der Waals surface area contributed by atoms with Gasteiger partial charge in [-0.2, -0.15) is 9.97 Å². The van der Waals surface area contributed by atoms with Crippen LogP contribution in [0.1, 0.15) is 0 Å². The van der Waals surface area contributed by atoms with Crippen molar-refractivity contribution in [3.05, 3.63) is 145 Å². The molecule has 0 aliphatic rings. The summed E-state index contributed by atoms with van der Waals surface area (Å²) in [5, 5.41) is 2.48. The van der Waals surface area contributed by atoms with Gasteiger partial charge in [-0.15, -0.1) is 11.3 Å². The van der Waals surface area contributed by atoms with E-state index < -0.39 is 0 Å². The first kappa shape index (κ1) is 26.4. The van der Waals surface area contributed by atoms with Gasteiger partial charge in [0.25, 0.3) is 0 Å². The second-order valence-electron chi connectivity index (χ2n) is 10.5. The lowest BCUT2D eigenvalue weighted by atomic mass is 9.93. The van der Waals surface area contributed by atoms with E-state index in [9.17, 15) is 0 Å². The van der Waals surface area contributed by atoms with Crippen LogP contribution in [0.15, 0.2) is 140 Å². The molecule has 8 aromatic rings. The molecule has 0 bridgehead atoms. The van der Waals surface area contributed by atoms with Gasteiger partial charge in [-0.05, 0) is 52.1 Å². The van der Waals surface area contributed by atoms with Crippen molar-refractivity contribution in [2.45, 2.75) is 0 Å². The summed E-state index contributed by atoms with van der Waals surface area (Å²) < 4.78 is 2.30. The molecular formula is C38H23ClN4S. The maximum Gasteiger partial charge on any atom is 0.226 e. The lowest BCUT2D eigenvalue weighted by Gasteiger charge is -2.11. The van der Waals surface area contributed by atoms with Crippen LogP contribution in [0.2, 0.25) is 5.28 Å². The summed E-state index contributed by atoms with van der Waals surface area (Å²) in [7, 11) is 0. The fraction of sp³-hybridized carbons (Fsp3) is 0. The van der Waals surface area contributed by atoms with Gasteiger partial charge in [0.1, 0.15) is 0 Å². The Kier molecular flexibility index (Phi) is 6.67. The maximum atomic E-state index is 6.55. The molecule has 44 heavy (non-hydrogen) atoms. The number of hydrogen-bond acceptors (Lipinski definition) is 5. The minimum absolute atomic E-state index is 0.160. The van der Waals surface area contributed by atoms with Crippen LogP contribution in [0.3, 0.4) is 0 Å². The number of fused-ring (bicyclic) bond motifs is 3. The van der Waals surface area contributed by atoms with Crippen LogP contribution in [-0.2, 0) is 0 Å². The molecule has 3 aromatic heterocycles. The predicted molar refractivity (Wildman–Crippen MR) is 183 cm³/mol. The van der Waals surface area contributed by atoms with E-state index in [4.69, 9.17) is 16.6 Å². The van der Waals surface area contributed by atoms with Crippen LogP contribution in [0.25, 0.3) is 76.3 Å². The summed E-state index contributed by atoms with van der Waals surface area (Å²) >= 11 is 8.31. The molecule has 0 atom stereocenters. The van der Waals surface area contributed by atoms with Gasteiger partial charge in [-0.25, -0.2) is 4.98 Å². The molecule has 0 N–H and O–H groups in total. The van der Waals surface area contributed by atoms with Gasteiger partial charge < -0.3 is 0 Å². The number of nitrogens with zero attached hydrogens (tertiary/aromatic N) is 4. The summed E-state index contributed by atoms with van der Waals surface area (Å²) in [6.45, 7) is 0. The Morgan fingerprint density at radius 2 is 1.11 bits per heavy atom. The van der Waals surface area contributed by atoms with Crippen molar-refractivity contribution < 1.29 is 0 Å². The van der Waals surface area contributed by atoms with Crippen molar-refractivity contribution in [1.29, 1.82) is 0 Å². The van der Waals surface area contributed by atoms with E-state index in [2.05, 4.69) is 106 Å². The highest BCUT2D eigenvalue weighted by Gasteiger charge is 2.20. The lowest BCUT2D eigenvalue weighted by Crippen LogP contribution is -1.97. The molecule has 3 heterocycles. The van der Waals surface area contributed by atoms with Crippen molar-refractivity contribution in [1.82, 2.24) is 19.9 Å². The fourth-order valence-electron chi connectivity index (χ4n) is 5.75. The molecule has 0 radical (unpaired) electrons. The number of benzene rings is 5. The first-order valence-corrected chi connectivity index (χ1v) is 15.4. The van der Waals surface area contributed by atoms with Gasteiger partial charge in [0, 0.05) is 54.8 Å². The summed E-state index contributed by atoms with van der Waals surface area (Å²) in [5.74, 6) is 1.08. The molecule has 0 aliphatic carbocycles. The van der Waals surface area contributed by atoms with Crippen LogP contribution >= 0.6 is 22.9 Å². The zero-order valence-electron chi connectivity index (χ0n) is 23.4. The van der Waals surface area contributed by atoms with Gasteiger partial charge in [0.05, 0.1) is 0 Å². The largest absolute Gasteiger partial charge is 0.264 e. The Balaban J connectivity index is 1.42. The Hall–Kier alpha value is -5.23. The maximum absolute atomic E-state index is 6.55. The molecule has 0 unspecified atom stereocenters. The third-order valence-corrected chi connectivity index (χ3v) is 9.23. The summed E-state index contributed by atoms with van der Waals surface area (Å²) in [5.41, 5.74) is 8.62. The van der Waals surface area contributed by atoms with Crippen molar-refractivity contribution in [2.24, 2.45) is 0 Å². The number of hydrogen-bond donors (Lipinski definition) is 0. The fourth-order valence-corrected chi connectivity index (χ4v) is 7.23. The standard InChI is InChI=1S/C38H23ClN4S/c39-38-42-36(25-13-5-2-6-14-25)41-37(43-38)33-22-27(26-15-10-20-40-23-26)21-32-31-19-9-18-30(34(31)44-35(32)33)29-17-8-7-16-28(29)24-11-3-1-4-12-24/h1-23H. The van der Waals surface area contributed by atoms with Gasteiger partial charge >= 0.3 is 0 Å². The number of thiophene rings is 1. The molecule has 5 aromatic carbocycles. The quantitative estimate of drug-likeness (QED) is 0.197. The SMILES string of the molecule is Clc1nc(-c2ccccc2)nc(-c2cc(-c3cccnc3)cc3c2sc2c(-c4ccccc4-c4ccccc4)cccc23)n1. The Morgan fingerprint density at radius 1 is 0.455 bits per heavy atom. The van der Waals surface area contributed by atoms with E-state index in [1.54, 1.807) is 17.5 Å². The van der Waals surface area contributed by atoms with E-state index in [1.807, 2.05) is 42.6 Å². The number of aromatic nitrogens is 4. The van der Waals surface area contributed by atoms with Crippen LogP contribution in [0.5, 0.6) is 0 Å². The van der Waals surface area contributed by atoms with Crippen molar-refractivity contribution in [3.8, 4) is 56.2 Å². The molecule has 4 nitrogen and oxygen atoms in total. The molecule has 0 aliphatic heterocycles. The molecule has 0 saturated carbocycles. The van der Waals surface area contributed by atoms with Gasteiger partial charge in [0.15, 0.2) is 11.6 Å². The summed E-state index contributed by atoms with van der Waals surface area (Å²) in [6.07, 6.45) is 3.67. The third kappa shape index (κ3) is 4.73. The Morgan fingerprint density at radius 3 is 1.89 bits per heavy atom. The minimum Gasteiger partial charge on any atom is -0.264 e. The molecular weight excluding hydrogens is 580 g/mol. The highest BCUT2D eigenvalue weighted by atomic mass is 35.5. The molecule has 0 fully saturated rings. The van der Waals surface area contributed by atoms with E-state index in [-0.39, 0.29) is 5.28 Å². The topological polar surface area (TPSA) is 51.6 Å². The number of rotatable bonds is 5. The Bertz CT molecular complexity index is 2280. The lowest BCUT2D eigenvalue weighted by molar-refractivity contribution is 1.07. The van der Waals surface area contributed by atoms with Gasteiger partial charge in [0.2, 0.25) is 5.28 Å². The molecule has 6 heteroatoms. The van der Waals surface area contributed by atoms with E-state index in [0.717, 1.165) is 32.3 Å². The summed E-state index contributed by atoms with van der Waals surface area (Å²) in [4.78, 5) is 18.5. The zero-order valence-corrected chi connectivity index (χ0v) is 24.9. The minimum atomic E-state index is 0.160. The number of halogens is 1. The van der Waals surface area contributed by atoms with E-state index in [1.165, 1.54) is 32.3 Å². The number of pyridine rings is 1.